The monoisotopic (exact) mass is 1270 g/mol. The number of unbranched alkanes of at least 4 members (excludes halogenated alkanes) is 62. The van der Waals surface area contributed by atoms with Gasteiger partial charge in [0, 0.05) is 6.42 Å². The molecule has 0 spiro atoms. The maximum atomic E-state index is 13.2. The molecule has 7 atom stereocenters. The number of aliphatic hydroxyl groups is 5. The average Bonchev–Trinajstić information content (AvgIpc) is 1.28. The zero-order chi connectivity index (χ0) is 64.9. The van der Waals surface area contributed by atoms with Crippen LogP contribution in [0.25, 0.3) is 0 Å². The second-order valence-corrected chi connectivity index (χ2v) is 28.9. The van der Waals surface area contributed by atoms with Gasteiger partial charge in [0.25, 0.3) is 0 Å². The molecule has 7 unspecified atom stereocenters. The first kappa shape index (κ1) is 86.9. The molecule has 0 aromatic rings. The molecular formula is C81H159NO8. The van der Waals surface area contributed by atoms with Crippen molar-refractivity contribution in [2.45, 2.75) is 487 Å². The highest BCUT2D eigenvalue weighted by Gasteiger charge is 2.44. The predicted octanol–water partition coefficient (Wildman–Crippen LogP) is 23.4. The molecule has 0 aliphatic carbocycles. The zero-order valence-electron chi connectivity index (χ0n) is 60.4. The van der Waals surface area contributed by atoms with Gasteiger partial charge in [-0.2, -0.15) is 0 Å². The Kier molecular flexibility index (Phi) is 68.3. The van der Waals surface area contributed by atoms with E-state index in [0.29, 0.717) is 12.8 Å². The fourth-order valence-electron chi connectivity index (χ4n) is 13.8. The molecule has 0 bridgehead atoms. The molecule has 9 nitrogen and oxygen atoms in total. The van der Waals surface area contributed by atoms with Crippen LogP contribution in [0.4, 0.5) is 0 Å². The third-order valence-corrected chi connectivity index (χ3v) is 20.1. The van der Waals surface area contributed by atoms with Crippen LogP contribution < -0.4 is 5.32 Å². The van der Waals surface area contributed by atoms with Gasteiger partial charge in [0.2, 0.25) is 5.91 Å². The van der Waals surface area contributed by atoms with Gasteiger partial charge in [-0.3, -0.25) is 4.79 Å². The number of carbonyl (C=O) groups is 1. The smallest absolute Gasteiger partial charge is 0.220 e. The molecule has 0 aromatic heterocycles. The Bertz CT molecular complexity index is 1430. The Balaban J connectivity index is 2.03. The highest BCUT2D eigenvalue weighted by atomic mass is 16.7. The van der Waals surface area contributed by atoms with Gasteiger partial charge in [-0.25, -0.2) is 0 Å². The normalized spacial score (nSPS) is 17.7. The first-order chi connectivity index (χ1) is 44.3. The summed E-state index contributed by atoms with van der Waals surface area (Å²) in [6, 6.07) is -0.717. The Morgan fingerprint density at radius 1 is 0.367 bits per heavy atom. The molecule has 1 heterocycles. The van der Waals surface area contributed by atoms with Crippen molar-refractivity contribution >= 4 is 5.91 Å². The van der Waals surface area contributed by atoms with Crippen LogP contribution in [0.2, 0.25) is 0 Å². The van der Waals surface area contributed by atoms with Crippen molar-refractivity contribution in [1.82, 2.24) is 5.32 Å². The summed E-state index contributed by atoms with van der Waals surface area (Å²) in [6.45, 7) is 3.91. The van der Waals surface area contributed by atoms with E-state index in [1.54, 1.807) is 0 Å². The molecule has 1 aliphatic heterocycles. The minimum absolute atomic E-state index is 0.131. The van der Waals surface area contributed by atoms with Crippen molar-refractivity contribution in [3.05, 3.63) is 12.2 Å². The summed E-state index contributed by atoms with van der Waals surface area (Å²) >= 11 is 0. The van der Waals surface area contributed by atoms with E-state index in [2.05, 4.69) is 31.3 Å². The lowest BCUT2D eigenvalue weighted by Gasteiger charge is -2.40. The lowest BCUT2D eigenvalue weighted by molar-refractivity contribution is -0.302. The molecule has 90 heavy (non-hydrogen) atoms. The fraction of sp³-hybridized carbons (Fsp3) is 0.963. The molecule has 1 fully saturated rings. The highest BCUT2D eigenvalue weighted by molar-refractivity contribution is 5.76. The topological polar surface area (TPSA) is 149 Å². The average molecular weight is 1280 g/mol. The van der Waals surface area contributed by atoms with Crippen LogP contribution in [0, 0.1) is 0 Å². The molecule has 0 saturated carbocycles. The first-order valence-corrected chi connectivity index (χ1v) is 40.9. The van der Waals surface area contributed by atoms with Crippen LogP contribution in [0.3, 0.4) is 0 Å². The molecule has 1 rings (SSSR count). The number of hydrogen-bond donors (Lipinski definition) is 6. The van der Waals surface area contributed by atoms with Crippen LogP contribution >= 0.6 is 0 Å². The van der Waals surface area contributed by atoms with E-state index in [-0.39, 0.29) is 12.5 Å². The van der Waals surface area contributed by atoms with Crippen molar-refractivity contribution < 1.29 is 39.8 Å². The van der Waals surface area contributed by atoms with Crippen LogP contribution in [-0.4, -0.2) is 87.5 Å². The van der Waals surface area contributed by atoms with E-state index < -0.39 is 49.5 Å². The minimum atomic E-state index is -1.55. The van der Waals surface area contributed by atoms with Gasteiger partial charge < -0.3 is 40.3 Å². The fourth-order valence-corrected chi connectivity index (χ4v) is 13.8. The van der Waals surface area contributed by atoms with Gasteiger partial charge >= 0.3 is 0 Å². The molecule has 0 radical (unpaired) electrons. The lowest BCUT2D eigenvalue weighted by atomic mass is 9.99. The first-order valence-electron chi connectivity index (χ1n) is 40.9. The highest BCUT2D eigenvalue weighted by Crippen LogP contribution is 2.25. The number of carbonyl (C=O) groups excluding carboxylic acids is 1. The van der Waals surface area contributed by atoms with Crippen molar-refractivity contribution in [1.29, 1.82) is 0 Å². The molecule has 9 heteroatoms. The van der Waals surface area contributed by atoms with Gasteiger partial charge in [0.1, 0.15) is 24.4 Å². The van der Waals surface area contributed by atoms with Crippen molar-refractivity contribution in [2.75, 3.05) is 13.2 Å². The zero-order valence-corrected chi connectivity index (χ0v) is 60.4. The number of allylic oxidation sites excluding steroid dienone is 2. The number of nitrogens with one attached hydrogen (secondary N) is 1. The second-order valence-electron chi connectivity index (χ2n) is 28.9. The van der Waals surface area contributed by atoms with Crippen LogP contribution in [-0.2, 0) is 14.3 Å². The number of amides is 1. The number of aliphatic hydroxyl groups excluding tert-OH is 5. The minimum Gasteiger partial charge on any atom is -0.394 e. The van der Waals surface area contributed by atoms with E-state index >= 15 is 0 Å². The summed E-state index contributed by atoms with van der Waals surface area (Å²) in [5, 5.41) is 55.1. The van der Waals surface area contributed by atoms with Crippen molar-refractivity contribution in [3.8, 4) is 0 Å². The lowest BCUT2D eigenvalue weighted by Crippen LogP contribution is -2.60. The van der Waals surface area contributed by atoms with Gasteiger partial charge in [0.15, 0.2) is 6.29 Å². The third kappa shape index (κ3) is 58.3. The van der Waals surface area contributed by atoms with Gasteiger partial charge in [0.05, 0.1) is 25.4 Å². The predicted molar refractivity (Wildman–Crippen MR) is 387 cm³/mol. The van der Waals surface area contributed by atoms with Gasteiger partial charge in [-0.1, -0.05) is 411 Å². The van der Waals surface area contributed by atoms with E-state index in [9.17, 15) is 30.3 Å². The van der Waals surface area contributed by atoms with Gasteiger partial charge in [-0.15, -0.1) is 0 Å². The van der Waals surface area contributed by atoms with Gasteiger partial charge in [-0.05, 0) is 38.5 Å². The molecule has 1 aliphatic rings. The number of ether oxygens (including phenoxy) is 2. The summed E-state index contributed by atoms with van der Waals surface area (Å²) in [6.07, 6.45) is 86.2. The molecule has 6 N–H and O–H groups in total. The van der Waals surface area contributed by atoms with Crippen LogP contribution in [0.15, 0.2) is 12.2 Å². The van der Waals surface area contributed by atoms with E-state index in [1.807, 2.05) is 0 Å². The molecular weight excluding hydrogens is 1110 g/mol. The summed E-state index contributed by atoms with van der Waals surface area (Å²) in [4.78, 5) is 13.2. The Hall–Kier alpha value is -1.07. The maximum absolute atomic E-state index is 13.2. The van der Waals surface area contributed by atoms with Crippen LogP contribution in [0.5, 0.6) is 0 Å². The summed E-state index contributed by atoms with van der Waals surface area (Å²) in [5.74, 6) is -0.132. The quantitative estimate of drug-likeness (QED) is 0.0261. The van der Waals surface area contributed by atoms with Crippen molar-refractivity contribution in [2.24, 2.45) is 0 Å². The van der Waals surface area contributed by atoms with Crippen LogP contribution in [0.1, 0.15) is 444 Å². The number of hydrogen-bond acceptors (Lipinski definition) is 8. The summed E-state index contributed by atoms with van der Waals surface area (Å²) in [5.41, 5.74) is 0. The molecule has 1 saturated heterocycles. The van der Waals surface area contributed by atoms with E-state index in [0.717, 1.165) is 38.5 Å². The number of rotatable bonds is 74. The summed E-state index contributed by atoms with van der Waals surface area (Å²) in [7, 11) is 0. The molecule has 0 aromatic carbocycles. The van der Waals surface area contributed by atoms with E-state index in [1.165, 1.54) is 379 Å². The third-order valence-electron chi connectivity index (χ3n) is 20.1. The maximum Gasteiger partial charge on any atom is 0.220 e. The molecule has 1 amide bonds. The SMILES string of the molecule is CCCCCCCCCC/C=C\CCCCCCCCCCCCCCCCCCCCCCCCCCCC(=O)NC(COC1OC(CO)C(O)C(O)C1O)C(O)CCCCCCCCCCCCCCCCCCCCCCCCCCCCCCCC. The van der Waals surface area contributed by atoms with Crippen molar-refractivity contribution in [3.63, 3.8) is 0 Å². The largest absolute Gasteiger partial charge is 0.394 e. The van der Waals surface area contributed by atoms with E-state index in [4.69, 9.17) is 9.47 Å². The summed E-state index contributed by atoms with van der Waals surface area (Å²) < 4.78 is 11.4. The standard InChI is InChI=1S/C81H159NO8/c1-3-5-7-9-11-13-15-17-19-21-23-25-27-29-31-33-35-36-37-38-39-40-41-43-45-47-49-51-53-55-57-59-61-63-65-67-69-71-77(85)82-74(73-89-81-80(88)79(87)78(86)76(72-83)90-81)75(84)70-68-66-64-62-60-58-56-54-52-50-48-46-44-42-34-32-30-28-26-24-22-20-18-16-14-12-10-8-6-4-2/h21,23,74-76,78-81,83-84,86-88H,3-20,22,24-73H2,1-2H3,(H,82,85)/b23-21-. The second kappa shape index (κ2) is 70.7. The Labute approximate surface area is 560 Å². The Morgan fingerprint density at radius 2 is 0.622 bits per heavy atom. The Morgan fingerprint density at radius 3 is 0.900 bits per heavy atom. The molecule has 536 valence electrons.